The molecule has 0 saturated heterocycles. The maximum absolute atomic E-state index is 11.1. The highest BCUT2D eigenvalue weighted by molar-refractivity contribution is 5.90. The Morgan fingerprint density at radius 2 is 1.56 bits per heavy atom. The lowest BCUT2D eigenvalue weighted by Gasteiger charge is -2.18. The zero-order valence-corrected chi connectivity index (χ0v) is 14.0. The standard InChI is InChI=1S/C19H14O.C4H5N/c20-12-14-5-3-7-17-16(14)10-11-18-15-6-2-1-4-13(15)8-9-19(17)18;1-2-4-5-3-1/h1-2,4,6-7,9-11H,3,5,8H2;1-5H. The Labute approximate surface area is 146 Å². The quantitative estimate of drug-likeness (QED) is 0.631. The number of aromatic amines is 1. The summed E-state index contributed by atoms with van der Waals surface area (Å²) in [6.07, 6.45) is 11.0. The summed E-state index contributed by atoms with van der Waals surface area (Å²) in [4.78, 5) is 14.0. The highest BCUT2D eigenvalue weighted by atomic mass is 16.1. The van der Waals surface area contributed by atoms with Crippen molar-refractivity contribution in [2.75, 3.05) is 0 Å². The molecule has 2 aliphatic carbocycles. The Bertz CT molecular complexity index is 1050. The molecular weight excluding hydrogens is 306 g/mol. The summed E-state index contributed by atoms with van der Waals surface area (Å²) in [5.74, 6) is 2.12. The molecular formula is C23H19NO. The topological polar surface area (TPSA) is 32.9 Å². The van der Waals surface area contributed by atoms with Gasteiger partial charge in [-0.15, -0.1) is 0 Å². The molecule has 0 saturated carbocycles. The van der Waals surface area contributed by atoms with Gasteiger partial charge in [-0.1, -0.05) is 48.6 Å². The predicted molar refractivity (Wildman–Crippen MR) is 103 cm³/mol. The first kappa shape index (κ1) is 15.4. The van der Waals surface area contributed by atoms with Crippen LogP contribution in [-0.2, 0) is 11.2 Å². The smallest absolute Gasteiger partial charge is 0.128 e. The van der Waals surface area contributed by atoms with Gasteiger partial charge in [-0.05, 0) is 64.1 Å². The van der Waals surface area contributed by atoms with E-state index >= 15 is 0 Å². The van der Waals surface area contributed by atoms with Gasteiger partial charge in [0.1, 0.15) is 5.94 Å². The van der Waals surface area contributed by atoms with Crippen LogP contribution in [0.5, 0.6) is 0 Å². The van der Waals surface area contributed by atoms with Crippen molar-refractivity contribution in [2.24, 2.45) is 0 Å². The van der Waals surface area contributed by atoms with Crippen molar-refractivity contribution in [2.45, 2.75) is 19.3 Å². The van der Waals surface area contributed by atoms with Crippen LogP contribution in [0.25, 0.3) is 28.9 Å². The van der Waals surface area contributed by atoms with E-state index in [0.29, 0.717) is 0 Å². The second-order valence-electron chi connectivity index (χ2n) is 6.26. The van der Waals surface area contributed by atoms with Crippen LogP contribution in [0.15, 0.2) is 60.9 Å². The number of benzene rings is 2. The van der Waals surface area contributed by atoms with Gasteiger partial charge in [0, 0.05) is 18.0 Å². The van der Waals surface area contributed by atoms with Gasteiger partial charge in [-0.2, -0.15) is 0 Å². The summed E-state index contributed by atoms with van der Waals surface area (Å²) in [5.41, 5.74) is 5.87. The van der Waals surface area contributed by atoms with Gasteiger partial charge in [0.25, 0.3) is 0 Å². The molecule has 0 atom stereocenters. The molecule has 0 amide bonds. The van der Waals surface area contributed by atoms with E-state index in [1.165, 1.54) is 27.1 Å². The first-order valence-corrected chi connectivity index (χ1v) is 8.62. The number of allylic oxidation sites excluding steroid dienone is 1. The molecule has 5 rings (SSSR count). The molecule has 0 bridgehead atoms. The lowest BCUT2D eigenvalue weighted by atomic mass is 9.85. The lowest BCUT2D eigenvalue weighted by Crippen LogP contribution is -2.33. The minimum atomic E-state index is 0.811. The number of rotatable bonds is 0. The zero-order chi connectivity index (χ0) is 17.1. The number of fused-ring (bicyclic) bond motifs is 5. The number of nitrogens with one attached hydrogen (secondary N) is 1. The van der Waals surface area contributed by atoms with Crippen molar-refractivity contribution in [3.05, 3.63) is 82.5 Å². The molecule has 0 radical (unpaired) electrons. The third kappa shape index (κ3) is 2.88. The van der Waals surface area contributed by atoms with Crippen molar-refractivity contribution in [3.8, 4) is 11.1 Å². The Balaban J connectivity index is 0.000000272. The Morgan fingerprint density at radius 3 is 2.32 bits per heavy atom. The number of hydrogen-bond donors (Lipinski definition) is 1. The average Bonchev–Trinajstić information content (AvgIpc) is 3.27. The summed E-state index contributed by atoms with van der Waals surface area (Å²) < 4.78 is 0. The van der Waals surface area contributed by atoms with Crippen molar-refractivity contribution >= 4 is 23.7 Å². The van der Waals surface area contributed by atoms with Crippen LogP contribution in [0.3, 0.4) is 0 Å². The Hall–Kier alpha value is -3.09. The molecule has 0 unspecified atom stereocenters. The molecule has 25 heavy (non-hydrogen) atoms. The Kier molecular flexibility index (Phi) is 4.20. The third-order valence-corrected chi connectivity index (χ3v) is 4.81. The highest BCUT2D eigenvalue weighted by Crippen LogP contribution is 2.26. The molecule has 2 aromatic carbocycles. The highest BCUT2D eigenvalue weighted by Gasteiger charge is 2.16. The minimum absolute atomic E-state index is 0.811. The maximum atomic E-state index is 11.1. The van der Waals surface area contributed by atoms with Crippen molar-refractivity contribution in [1.29, 1.82) is 0 Å². The molecule has 3 aromatic rings. The monoisotopic (exact) mass is 325 g/mol. The fraction of sp³-hybridized carbons (Fsp3) is 0.130. The van der Waals surface area contributed by atoms with Gasteiger partial charge in [-0.3, -0.25) is 0 Å². The van der Waals surface area contributed by atoms with Crippen LogP contribution in [0.2, 0.25) is 0 Å². The fourth-order valence-electron chi connectivity index (χ4n) is 3.63. The summed E-state index contributed by atoms with van der Waals surface area (Å²) in [7, 11) is 0. The predicted octanol–water partition coefficient (Wildman–Crippen LogP) is 3.49. The molecule has 0 spiro atoms. The second-order valence-corrected chi connectivity index (χ2v) is 6.26. The number of hydrogen-bond acceptors (Lipinski definition) is 1. The van der Waals surface area contributed by atoms with Crippen LogP contribution in [0.4, 0.5) is 0 Å². The van der Waals surface area contributed by atoms with E-state index in [0.717, 1.165) is 30.4 Å². The van der Waals surface area contributed by atoms with E-state index in [2.05, 4.69) is 59.5 Å². The van der Waals surface area contributed by atoms with Crippen molar-refractivity contribution < 1.29 is 4.79 Å². The van der Waals surface area contributed by atoms with E-state index in [-0.39, 0.29) is 0 Å². The van der Waals surface area contributed by atoms with Crippen molar-refractivity contribution in [3.63, 3.8) is 0 Å². The maximum Gasteiger partial charge on any atom is 0.128 e. The summed E-state index contributed by atoms with van der Waals surface area (Å²) in [6.45, 7) is 0. The largest absolute Gasteiger partial charge is 0.368 e. The summed E-state index contributed by atoms with van der Waals surface area (Å²) >= 11 is 0. The molecule has 2 heteroatoms. The van der Waals surface area contributed by atoms with E-state index in [9.17, 15) is 4.79 Å². The molecule has 1 N–H and O–H groups in total. The first-order valence-electron chi connectivity index (χ1n) is 8.62. The van der Waals surface area contributed by atoms with Gasteiger partial charge >= 0.3 is 0 Å². The zero-order valence-electron chi connectivity index (χ0n) is 14.0. The number of aromatic nitrogens is 1. The van der Waals surface area contributed by atoms with Gasteiger partial charge in [0.15, 0.2) is 0 Å². The molecule has 2 nitrogen and oxygen atoms in total. The first-order chi connectivity index (χ1) is 12.4. The van der Waals surface area contributed by atoms with Crippen LogP contribution in [-0.4, -0.2) is 10.9 Å². The van der Waals surface area contributed by atoms with E-state index < -0.39 is 0 Å². The lowest BCUT2D eigenvalue weighted by molar-refractivity contribution is 0.569. The summed E-state index contributed by atoms with van der Waals surface area (Å²) in [5, 5.41) is 2.51. The van der Waals surface area contributed by atoms with Crippen LogP contribution >= 0.6 is 0 Å². The number of H-pyrrole nitrogens is 1. The van der Waals surface area contributed by atoms with Crippen molar-refractivity contribution in [1.82, 2.24) is 4.98 Å². The van der Waals surface area contributed by atoms with Gasteiger partial charge in [0.05, 0.1) is 0 Å². The number of carbonyl (C=O) groups excluding carboxylic acids is 1. The van der Waals surface area contributed by atoms with Gasteiger partial charge < -0.3 is 4.98 Å². The van der Waals surface area contributed by atoms with Crippen LogP contribution < -0.4 is 10.4 Å². The SMILES string of the molecule is O=C=C1CCC=c2c1ccc1c2=CCc2ccccc2-1.c1cc[nH]c1. The molecule has 0 aliphatic heterocycles. The molecule has 122 valence electrons. The average molecular weight is 325 g/mol. The second kappa shape index (κ2) is 6.80. The van der Waals surface area contributed by atoms with Crippen LogP contribution in [0, 0.1) is 0 Å². The molecule has 1 heterocycles. The molecule has 2 aliphatic rings. The molecule has 1 aromatic heterocycles. The van der Waals surface area contributed by atoms with E-state index in [4.69, 9.17) is 0 Å². The Morgan fingerprint density at radius 1 is 0.800 bits per heavy atom. The van der Waals surface area contributed by atoms with E-state index in [1.807, 2.05) is 24.5 Å². The van der Waals surface area contributed by atoms with Crippen LogP contribution in [0.1, 0.15) is 24.0 Å². The fourth-order valence-corrected chi connectivity index (χ4v) is 3.63. The normalized spacial score (nSPS) is 13.7. The molecule has 0 fully saturated rings. The van der Waals surface area contributed by atoms with E-state index in [1.54, 1.807) is 0 Å². The van der Waals surface area contributed by atoms with Gasteiger partial charge in [0.2, 0.25) is 0 Å². The van der Waals surface area contributed by atoms with Gasteiger partial charge in [-0.25, -0.2) is 4.79 Å². The third-order valence-electron chi connectivity index (χ3n) is 4.81. The summed E-state index contributed by atoms with van der Waals surface area (Å²) in [6, 6.07) is 16.7. The minimum Gasteiger partial charge on any atom is -0.368 e.